The molecule has 19 heteroatoms. The number of piperidine rings is 2. The summed E-state index contributed by atoms with van der Waals surface area (Å²) >= 11 is 0. The standard InChI is InChI=1S/C43H54F2N12O5/c1-52-38-28(4-2-6-33(38)57(43(52)61)34-11-12-36(58)50-42(34)60)5-3-23-62-30-13-18-53(19-14-30)25-27-7-9-29(10-8-27)56-26-32(37(51-56)39(44)45)48-41(59)31-24-47-55-20-15-35(49-40(31)55)54-21-16-46-17-22-54/h2,4,6,15,20,24,26-27,29-30,34,39,46H,3,5,7-14,16-19,21-23,25H2,1H3,(H,48,59)(H,50,58,60). The minimum Gasteiger partial charge on any atom is -0.378 e. The van der Waals surface area contributed by atoms with E-state index in [9.17, 15) is 28.0 Å². The lowest BCUT2D eigenvalue weighted by Crippen LogP contribution is -2.44. The van der Waals surface area contributed by atoms with Crippen LogP contribution in [0.15, 0.2) is 47.7 Å². The fourth-order valence-corrected chi connectivity index (χ4v) is 9.81. The third-order valence-electron chi connectivity index (χ3n) is 13.1. The van der Waals surface area contributed by atoms with Crippen LogP contribution in [-0.4, -0.2) is 115 Å². The number of imide groups is 1. The molecule has 9 rings (SSSR count). The van der Waals surface area contributed by atoms with Crippen LogP contribution in [0.2, 0.25) is 0 Å². The number of imidazole rings is 1. The molecule has 1 unspecified atom stereocenters. The van der Waals surface area contributed by atoms with Gasteiger partial charge in [0, 0.05) is 78.3 Å². The number of likely N-dealkylation sites (tertiary alicyclic amines) is 1. The Kier molecular flexibility index (Phi) is 12.2. The fraction of sp³-hybridized carbons (Fsp3) is 0.558. The number of hydrogen-bond acceptors (Lipinski definition) is 11. The van der Waals surface area contributed by atoms with Gasteiger partial charge in [-0.3, -0.25) is 33.5 Å². The van der Waals surface area contributed by atoms with Crippen molar-refractivity contribution in [2.75, 3.05) is 62.6 Å². The van der Waals surface area contributed by atoms with Crippen molar-refractivity contribution < 1.29 is 27.9 Å². The van der Waals surface area contributed by atoms with Gasteiger partial charge >= 0.3 is 5.69 Å². The first-order valence-corrected chi connectivity index (χ1v) is 22.0. The molecule has 4 aliphatic rings. The van der Waals surface area contributed by atoms with Crippen LogP contribution in [0.4, 0.5) is 20.3 Å². The molecule has 3 N–H and O–H groups in total. The first-order chi connectivity index (χ1) is 30.1. The number of aryl methyl sites for hydroxylation is 2. The first kappa shape index (κ1) is 41.8. The molecular formula is C43H54F2N12O5. The van der Waals surface area contributed by atoms with Crippen molar-refractivity contribution >= 4 is 45.9 Å². The quantitative estimate of drug-likeness (QED) is 0.115. The van der Waals surface area contributed by atoms with Crippen LogP contribution < -0.4 is 26.5 Å². The zero-order valence-electron chi connectivity index (χ0n) is 35.0. The van der Waals surface area contributed by atoms with E-state index < -0.39 is 30.0 Å². The minimum atomic E-state index is -2.85. The highest BCUT2D eigenvalue weighted by Crippen LogP contribution is 2.36. The summed E-state index contributed by atoms with van der Waals surface area (Å²) in [5, 5.41) is 16.9. The molecule has 0 bridgehead atoms. The van der Waals surface area contributed by atoms with Gasteiger partial charge in [-0.1, -0.05) is 12.1 Å². The van der Waals surface area contributed by atoms with Gasteiger partial charge in [0.15, 0.2) is 11.3 Å². The zero-order valence-corrected chi connectivity index (χ0v) is 35.0. The number of nitrogens with one attached hydrogen (secondary N) is 3. The number of piperazine rings is 1. The number of carbonyl (C=O) groups excluding carboxylic acids is 3. The number of carbonyl (C=O) groups is 3. The molecule has 7 heterocycles. The Morgan fingerprint density at radius 3 is 2.55 bits per heavy atom. The maximum atomic E-state index is 14.3. The number of amides is 3. The van der Waals surface area contributed by atoms with Gasteiger partial charge in [-0.15, -0.1) is 0 Å². The lowest BCUT2D eigenvalue weighted by molar-refractivity contribution is -0.135. The van der Waals surface area contributed by atoms with E-state index in [2.05, 4.69) is 35.9 Å². The molecule has 330 valence electrons. The van der Waals surface area contributed by atoms with E-state index in [0.717, 1.165) is 114 Å². The number of fused-ring (bicyclic) bond motifs is 2. The molecule has 1 aromatic carbocycles. The Hall–Kier alpha value is -5.53. The molecule has 3 amide bonds. The maximum absolute atomic E-state index is 14.3. The van der Waals surface area contributed by atoms with Crippen molar-refractivity contribution in [3.63, 3.8) is 0 Å². The molecule has 1 saturated carbocycles. The first-order valence-electron chi connectivity index (χ1n) is 22.0. The van der Waals surface area contributed by atoms with Crippen LogP contribution in [0.1, 0.15) is 97.9 Å². The van der Waals surface area contributed by atoms with E-state index in [1.54, 1.807) is 28.7 Å². The van der Waals surface area contributed by atoms with Crippen LogP contribution >= 0.6 is 0 Å². The summed E-state index contributed by atoms with van der Waals surface area (Å²) in [6.45, 7) is 6.76. The molecular weight excluding hydrogens is 803 g/mol. The number of ether oxygens (including phenoxy) is 1. The number of para-hydroxylation sites is 1. The minimum absolute atomic E-state index is 0.000797. The van der Waals surface area contributed by atoms with E-state index in [1.165, 1.54) is 15.3 Å². The van der Waals surface area contributed by atoms with Crippen molar-refractivity contribution in [3.05, 3.63) is 70.2 Å². The second-order valence-electron chi connectivity index (χ2n) is 17.1. The molecule has 1 atom stereocenters. The van der Waals surface area contributed by atoms with Crippen LogP contribution in [-0.2, 0) is 27.8 Å². The number of benzene rings is 1. The summed E-state index contributed by atoms with van der Waals surface area (Å²) in [4.78, 5) is 60.4. The van der Waals surface area contributed by atoms with Crippen molar-refractivity contribution in [2.45, 2.75) is 88.8 Å². The number of anilines is 2. The average Bonchev–Trinajstić information content (AvgIpc) is 3.98. The molecule has 3 aliphatic heterocycles. The van der Waals surface area contributed by atoms with E-state index >= 15 is 0 Å². The van der Waals surface area contributed by atoms with E-state index in [1.807, 2.05) is 24.3 Å². The van der Waals surface area contributed by atoms with Crippen molar-refractivity contribution in [2.24, 2.45) is 13.0 Å². The monoisotopic (exact) mass is 856 g/mol. The summed E-state index contributed by atoms with van der Waals surface area (Å²) in [5.41, 5.74) is 2.37. The molecule has 17 nitrogen and oxygen atoms in total. The number of hydrogen-bond donors (Lipinski definition) is 3. The second-order valence-corrected chi connectivity index (χ2v) is 17.1. The molecule has 0 spiro atoms. The summed E-state index contributed by atoms with van der Waals surface area (Å²) in [5.74, 6) is -0.0764. The second kappa shape index (κ2) is 18.1. The van der Waals surface area contributed by atoms with Gasteiger partial charge in [-0.2, -0.15) is 10.2 Å². The Morgan fingerprint density at radius 1 is 1.00 bits per heavy atom. The summed E-state index contributed by atoms with van der Waals surface area (Å²) in [6.07, 6.45) is 9.53. The van der Waals surface area contributed by atoms with E-state index in [4.69, 9.17) is 9.72 Å². The number of nitrogens with zero attached hydrogens (tertiary/aromatic N) is 9. The predicted octanol–water partition coefficient (Wildman–Crippen LogP) is 4.00. The zero-order chi connectivity index (χ0) is 42.9. The van der Waals surface area contributed by atoms with Crippen LogP contribution in [0.25, 0.3) is 16.7 Å². The maximum Gasteiger partial charge on any atom is 0.329 e. The van der Waals surface area contributed by atoms with Crippen molar-refractivity contribution in [1.82, 2.24) is 49.0 Å². The lowest BCUT2D eigenvalue weighted by atomic mass is 9.85. The predicted molar refractivity (Wildman–Crippen MR) is 227 cm³/mol. The van der Waals surface area contributed by atoms with Gasteiger partial charge in [0.1, 0.15) is 17.4 Å². The van der Waals surface area contributed by atoms with Gasteiger partial charge in [0.25, 0.3) is 12.3 Å². The van der Waals surface area contributed by atoms with Crippen LogP contribution in [0, 0.1) is 5.92 Å². The Balaban J connectivity index is 0.729. The molecule has 5 aromatic rings. The van der Waals surface area contributed by atoms with Gasteiger partial charge in [-0.05, 0) is 81.4 Å². The summed E-state index contributed by atoms with van der Waals surface area (Å²) < 4.78 is 41.1. The van der Waals surface area contributed by atoms with Gasteiger partial charge in [0.2, 0.25) is 11.8 Å². The third-order valence-corrected chi connectivity index (χ3v) is 13.1. The van der Waals surface area contributed by atoms with Crippen molar-refractivity contribution in [1.29, 1.82) is 0 Å². The topological polar surface area (TPSA) is 178 Å². The Labute approximate surface area is 356 Å². The molecule has 1 aliphatic carbocycles. The highest BCUT2D eigenvalue weighted by atomic mass is 19.3. The summed E-state index contributed by atoms with van der Waals surface area (Å²) in [6, 6.07) is 6.90. The average molecular weight is 857 g/mol. The van der Waals surface area contributed by atoms with Crippen LogP contribution in [0.3, 0.4) is 0 Å². The largest absolute Gasteiger partial charge is 0.378 e. The Morgan fingerprint density at radius 2 is 1.79 bits per heavy atom. The Bertz CT molecular complexity index is 2490. The SMILES string of the molecule is Cn1c(=O)n(C2CCC(=O)NC2=O)c2cccc(CCCOC3CCN(CC4CCC(n5cc(NC(=O)c6cnn7ccc(N8CCNCC8)nc67)c(C(F)F)n5)CC4)CC3)c21. The molecule has 4 fully saturated rings. The number of halogens is 2. The van der Waals surface area contributed by atoms with E-state index in [-0.39, 0.29) is 41.4 Å². The molecule has 4 aromatic heterocycles. The highest BCUT2D eigenvalue weighted by molar-refractivity contribution is 6.08. The third kappa shape index (κ3) is 8.61. The lowest BCUT2D eigenvalue weighted by Gasteiger charge is -2.36. The van der Waals surface area contributed by atoms with Gasteiger partial charge in [0.05, 0.1) is 35.1 Å². The molecule has 0 radical (unpaired) electrons. The van der Waals surface area contributed by atoms with Crippen molar-refractivity contribution in [3.8, 4) is 0 Å². The summed E-state index contributed by atoms with van der Waals surface area (Å²) in [7, 11) is 1.72. The smallest absolute Gasteiger partial charge is 0.329 e. The van der Waals surface area contributed by atoms with E-state index in [0.29, 0.717) is 30.1 Å². The van der Waals surface area contributed by atoms with Gasteiger partial charge in [-0.25, -0.2) is 23.1 Å². The number of alkyl halides is 2. The normalized spacial score (nSPS) is 21.9. The number of rotatable bonds is 13. The van der Waals surface area contributed by atoms with Crippen LogP contribution in [0.5, 0.6) is 0 Å². The molecule has 62 heavy (non-hydrogen) atoms. The number of aromatic nitrogens is 7. The fourth-order valence-electron chi connectivity index (χ4n) is 9.81. The molecule has 3 saturated heterocycles. The highest BCUT2D eigenvalue weighted by Gasteiger charge is 2.33. The van der Waals surface area contributed by atoms with Gasteiger partial charge < -0.3 is 25.2 Å².